The predicted molar refractivity (Wildman–Crippen MR) is 71.4 cm³/mol. The Balaban J connectivity index is 2.49. The molecule has 0 aromatic carbocycles. The second-order valence-corrected chi connectivity index (χ2v) is 7.17. The minimum absolute atomic E-state index is 0.0662. The van der Waals surface area contributed by atoms with Crippen LogP contribution in [0, 0.1) is 11.8 Å². The molecule has 0 amide bonds. The molecular weight excluding hydrogens is 236 g/mol. The van der Waals surface area contributed by atoms with Crippen molar-refractivity contribution in [1.82, 2.24) is 10.0 Å². The molecule has 1 aliphatic heterocycles. The zero-order valence-corrected chi connectivity index (χ0v) is 12.0. The molecule has 2 atom stereocenters. The predicted octanol–water partition coefficient (Wildman–Crippen LogP) is 1.34. The molecule has 1 rings (SSSR count). The van der Waals surface area contributed by atoms with Crippen molar-refractivity contribution in [2.24, 2.45) is 11.8 Å². The van der Waals surface area contributed by atoms with Crippen LogP contribution in [0.3, 0.4) is 0 Å². The summed E-state index contributed by atoms with van der Waals surface area (Å²) in [7, 11) is -3.13. The van der Waals surface area contributed by atoms with Gasteiger partial charge >= 0.3 is 0 Å². The molecule has 0 spiro atoms. The fourth-order valence-corrected chi connectivity index (χ4v) is 4.25. The van der Waals surface area contributed by atoms with Gasteiger partial charge in [-0.05, 0) is 44.2 Å². The molecule has 1 saturated heterocycles. The van der Waals surface area contributed by atoms with Gasteiger partial charge in [0, 0.05) is 6.04 Å². The van der Waals surface area contributed by atoms with E-state index in [4.69, 9.17) is 0 Å². The van der Waals surface area contributed by atoms with Crippen molar-refractivity contribution in [3.8, 4) is 0 Å². The lowest BCUT2D eigenvalue weighted by Crippen LogP contribution is -2.43. The van der Waals surface area contributed by atoms with Crippen LogP contribution in [-0.4, -0.2) is 33.3 Å². The maximum atomic E-state index is 12.0. The molecule has 0 radical (unpaired) electrons. The lowest BCUT2D eigenvalue weighted by molar-refractivity contribution is 0.395. The molecule has 0 aromatic heterocycles. The highest BCUT2D eigenvalue weighted by molar-refractivity contribution is 7.89. The summed E-state index contributed by atoms with van der Waals surface area (Å²) < 4.78 is 26.9. The maximum absolute atomic E-state index is 12.0. The SMILES string of the molecule is CCC(NS(=O)(=O)CC1CCCNC1)C(C)C. The first-order valence-electron chi connectivity index (χ1n) is 6.65. The zero-order chi connectivity index (χ0) is 12.9. The van der Waals surface area contributed by atoms with E-state index in [1.807, 2.05) is 6.92 Å². The minimum atomic E-state index is -3.13. The third-order valence-corrected chi connectivity index (χ3v) is 5.00. The number of rotatable bonds is 6. The fraction of sp³-hybridized carbons (Fsp3) is 1.00. The Hall–Kier alpha value is -0.130. The van der Waals surface area contributed by atoms with Crippen LogP contribution in [0.4, 0.5) is 0 Å². The number of piperidine rings is 1. The van der Waals surface area contributed by atoms with E-state index in [1.54, 1.807) is 0 Å². The van der Waals surface area contributed by atoms with Gasteiger partial charge in [0.15, 0.2) is 0 Å². The van der Waals surface area contributed by atoms with Gasteiger partial charge in [-0.25, -0.2) is 13.1 Å². The van der Waals surface area contributed by atoms with Crippen LogP contribution >= 0.6 is 0 Å². The monoisotopic (exact) mass is 262 g/mol. The first-order chi connectivity index (χ1) is 7.94. The molecule has 2 N–H and O–H groups in total. The average molecular weight is 262 g/mol. The summed E-state index contributed by atoms with van der Waals surface area (Å²) in [5, 5.41) is 3.26. The summed E-state index contributed by atoms with van der Waals surface area (Å²) in [6.45, 7) is 7.99. The second kappa shape index (κ2) is 6.71. The summed E-state index contributed by atoms with van der Waals surface area (Å²) in [4.78, 5) is 0. The van der Waals surface area contributed by atoms with Crippen molar-refractivity contribution in [2.45, 2.75) is 46.1 Å². The molecule has 1 fully saturated rings. The molecule has 17 heavy (non-hydrogen) atoms. The molecule has 1 heterocycles. The Morgan fingerprint density at radius 1 is 1.41 bits per heavy atom. The molecule has 0 aliphatic carbocycles. The van der Waals surface area contributed by atoms with Gasteiger partial charge in [0.25, 0.3) is 0 Å². The maximum Gasteiger partial charge on any atom is 0.212 e. The van der Waals surface area contributed by atoms with Crippen molar-refractivity contribution < 1.29 is 8.42 Å². The van der Waals surface area contributed by atoms with E-state index in [2.05, 4.69) is 23.9 Å². The number of nitrogens with one attached hydrogen (secondary N) is 2. The third kappa shape index (κ3) is 5.36. The fourth-order valence-electron chi connectivity index (χ4n) is 2.35. The van der Waals surface area contributed by atoms with Gasteiger partial charge in [-0.2, -0.15) is 0 Å². The van der Waals surface area contributed by atoms with Gasteiger partial charge in [-0.1, -0.05) is 20.8 Å². The average Bonchev–Trinajstić information content (AvgIpc) is 2.26. The summed E-state index contributed by atoms with van der Waals surface area (Å²) in [5.74, 6) is 0.883. The van der Waals surface area contributed by atoms with Crippen molar-refractivity contribution in [1.29, 1.82) is 0 Å². The van der Waals surface area contributed by atoms with E-state index < -0.39 is 10.0 Å². The van der Waals surface area contributed by atoms with Gasteiger partial charge in [0.05, 0.1) is 5.75 Å². The van der Waals surface area contributed by atoms with E-state index in [1.165, 1.54) is 0 Å². The Morgan fingerprint density at radius 2 is 2.12 bits per heavy atom. The van der Waals surface area contributed by atoms with Crippen LogP contribution in [0.5, 0.6) is 0 Å². The summed E-state index contributed by atoms with van der Waals surface area (Å²) in [6, 6.07) is 0.0662. The van der Waals surface area contributed by atoms with Gasteiger partial charge in [-0.3, -0.25) is 0 Å². The standard InChI is InChI=1S/C12H26N2O2S/c1-4-12(10(2)3)14-17(15,16)9-11-6-5-7-13-8-11/h10-14H,4-9H2,1-3H3. The lowest BCUT2D eigenvalue weighted by Gasteiger charge is -2.25. The van der Waals surface area contributed by atoms with Gasteiger partial charge < -0.3 is 5.32 Å². The van der Waals surface area contributed by atoms with Gasteiger partial charge in [0.2, 0.25) is 10.0 Å². The largest absolute Gasteiger partial charge is 0.316 e. The molecular formula is C12H26N2O2S. The van der Waals surface area contributed by atoms with Gasteiger partial charge in [-0.15, -0.1) is 0 Å². The van der Waals surface area contributed by atoms with Crippen molar-refractivity contribution in [3.63, 3.8) is 0 Å². The van der Waals surface area contributed by atoms with E-state index >= 15 is 0 Å². The third-order valence-electron chi connectivity index (χ3n) is 3.43. The van der Waals surface area contributed by atoms with Crippen LogP contribution in [0.1, 0.15) is 40.0 Å². The van der Waals surface area contributed by atoms with E-state index in [9.17, 15) is 8.42 Å². The molecule has 5 heteroatoms. The molecule has 102 valence electrons. The highest BCUT2D eigenvalue weighted by Crippen LogP contribution is 2.14. The second-order valence-electron chi connectivity index (χ2n) is 5.37. The Labute approximate surface area is 106 Å². The van der Waals surface area contributed by atoms with Crippen molar-refractivity contribution in [2.75, 3.05) is 18.8 Å². The summed E-state index contributed by atoms with van der Waals surface area (Å²) >= 11 is 0. The molecule has 0 bridgehead atoms. The number of hydrogen-bond donors (Lipinski definition) is 2. The van der Waals surface area contributed by atoms with Crippen LogP contribution in [0.15, 0.2) is 0 Å². The minimum Gasteiger partial charge on any atom is -0.316 e. The molecule has 0 saturated carbocycles. The van der Waals surface area contributed by atoms with Crippen molar-refractivity contribution in [3.05, 3.63) is 0 Å². The topological polar surface area (TPSA) is 58.2 Å². The Bertz CT molecular complexity index is 308. The van der Waals surface area contributed by atoms with Crippen LogP contribution in [-0.2, 0) is 10.0 Å². The highest BCUT2D eigenvalue weighted by Gasteiger charge is 2.24. The Kier molecular flexibility index (Phi) is 5.89. The smallest absolute Gasteiger partial charge is 0.212 e. The summed E-state index contributed by atoms with van der Waals surface area (Å²) in [5.41, 5.74) is 0. The van der Waals surface area contributed by atoms with Crippen LogP contribution in [0.25, 0.3) is 0 Å². The number of hydrogen-bond acceptors (Lipinski definition) is 3. The molecule has 1 aliphatic rings. The molecule has 0 aromatic rings. The Morgan fingerprint density at radius 3 is 2.59 bits per heavy atom. The number of sulfonamides is 1. The highest BCUT2D eigenvalue weighted by atomic mass is 32.2. The van der Waals surface area contributed by atoms with Crippen LogP contribution < -0.4 is 10.0 Å². The first kappa shape index (κ1) is 14.9. The van der Waals surface area contributed by atoms with Gasteiger partial charge in [0.1, 0.15) is 0 Å². The van der Waals surface area contributed by atoms with Crippen LogP contribution in [0.2, 0.25) is 0 Å². The molecule has 2 unspecified atom stereocenters. The summed E-state index contributed by atoms with van der Waals surface area (Å²) in [6.07, 6.45) is 2.95. The quantitative estimate of drug-likeness (QED) is 0.759. The van der Waals surface area contributed by atoms with E-state index in [-0.39, 0.29) is 17.7 Å². The van der Waals surface area contributed by atoms with E-state index in [0.29, 0.717) is 5.92 Å². The first-order valence-corrected chi connectivity index (χ1v) is 8.30. The van der Waals surface area contributed by atoms with E-state index in [0.717, 1.165) is 32.4 Å². The lowest BCUT2D eigenvalue weighted by atomic mass is 10.0. The zero-order valence-electron chi connectivity index (χ0n) is 11.2. The molecule has 4 nitrogen and oxygen atoms in total. The normalized spacial score (nSPS) is 23.9. The van der Waals surface area contributed by atoms with Crippen molar-refractivity contribution >= 4 is 10.0 Å².